The highest BCUT2D eigenvalue weighted by Gasteiger charge is 2.38. The first-order chi connectivity index (χ1) is 11.5. The fraction of sp³-hybridized carbons (Fsp3) is 0.250. The van der Waals surface area contributed by atoms with Gasteiger partial charge in [-0.1, -0.05) is 12.1 Å². The van der Waals surface area contributed by atoms with Gasteiger partial charge in [-0.05, 0) is 35.8 Å². The molecule has 2 N–H and O–H groups in total. The van der Waals surface area contributed by atoms with Crippen LogP contribution in [0.1, 0.15) is 25.3 Å². The van der Waals surface area contributed by atoms with E-state index in [4.69, 9.17) is 9.37 Å². The number of dihydropyridines is 1. The molecule has 1 aliphatic heterocycles. The lowest BCUT2D eigenvalue weighted by Gasteiger charge is -2.29. The van der Waals surface area contributed by atoms with Crippen molar-refractivity contribution in [3.63, 3.8) is 0 Å². The van der Waals surface area contributed by atoms with Crippen molar-refractivity contribution in [1.82, 2.24) is 15.6 Å². The van der Waals surface area contributed by atoms with E-state index < -0.39 is 17.9 Å². The fourth-order valence-electron chi connectivity index (χ4n) is 3.03. The lowest BCUT2D eigenvalue weighted by atomic mass is 9.80. The second-order valence-electron chi connectivity index (χ2n) is 5.41. The average molecular weight is 329 g/mol. The Bertz CT molecular complexity index is 909. The zero-order valence-electron chi connectivity index (χ0n) is 13.3. The molecule has 0 radical (unpaired) electrons. The van der Waals surface area contributed by atoms with Gasteiger partial charge in [-0.25, -0.2) is 14.2 Å². The molecule has 1 atom stereocenters. The normalized spacial score (nSPS) is 17.9. The molecule has 0 fully saturated rings. The van der Waals surface area contributed by atoms with Gasteiger partial charge < -0.3 is 15.2 Å². The maximum Gasteiger partial charge on any atom is 0.336 e. The summed E-state index contributed by atoms with van der Waals surface area (Å²) in [5, 5.41) is 20.3. The van der Waals surface area contributed by atoms with E-state index in [1.165, 1.54) is 7.11 Å². The van der Waals surface area contributed by atoms with Gasteiger partial charge in [0.25, 0.3) is 0 Å². The summed E-state index contributed by atoms with van der Waals surface area (Å²) in [4.78, 5) is 24.2. The van der Waals surface area contributed by atoms with Gasteiger partial charge in [0.1, 0.15) is 11.0 Å². The number of esters is 1. The minimum atomic E-state index is -1.13. The Labute approximate surface area is 136 Å². The van der Waals surface area contributed by atoms with Gasteiger partial charge in [0, 0.05) is 11.4 Å². The van der Waals surface area contributed by atoms with Crippen molar-refractivity contribution in [2.24, 2.45) is 0 Å². The monoisotopic (exact) mass is 329 g/mol. The number of ether oxygens (including phenoxy) is 1. The van der Waals surface area contributed by atoms with E-state index in [9.17, 15) is 14.7 Å². The molecule has 3 rings (SSSR count). The number of hydrogen-bond donors (Lipinski definition) is 2. The molecule has 8 nitrogen and oxygen atoms in total. The Morgan fingerprint density at radius 2 is 1.92 bits per heavy atom. The molecule has 1 unspecified atom stereocenters. The minimum Gasteiger partial charge on any atom is -0.478 e. The summed E-state index contributed by atoms with van der Waals surface area (Å²) in [6.45, 7) is 3.35. The van der Waals surface area contributed by atoms with E-state index in [-0.39, 0.29) is 11.1 Å². The summed E-state index contributed by atoms with van der Waals surface area (Å²) in [5.41, 5.74) is 2.66. The Balaban J connectivity index is 2.32. The zero-order valence-corrected chi connectivity index (χ0v) is 13.3. The number of aromatic nitrogens is 2. The molecule has 24 heavy (non-hydrogen) atoms. The molecule has 0 aliphatic carbocycles. The van der Waals surface area contributed by atoms with Crippen molar-refractivity contribution in [3.05, 3.63) is 46.3 Å². The number of allylic oxidation sites excluding steroid dienone is 2. The molecule has 0 saturated carbocycles. The Morgan fingerprint density at radius 3 is 2.58 bits per heavy atom. The lowest BCUT2D eigenvalue weighted by molar-refractivity contribution is -0.136. The van der Waals surface area contributed by atoms with Crippen LogP contribution < -0.4 is 5.32 Å². The largest absolute Gasteiger partial charge is 0.478 e. The molecule has 8 heteroatoms. The van der Waals surface area contributed by atoms with E-state index in [2.05, 4.69) is 15.6 Å². The SMILES string of the molecule is COC(=O)C1=C(C)NC(C)=C(C(=O)O)C1c1cccc2nonc12. The Hall–Kier alpha value is -3.16. The second-order valence-corrected chi connectivity index (χ2v) is 5.41. The van der Waals surface area contributed by atoms with Crippen LogP contribution in [-0.2, 0) is 14.3 Å². The number of methoxy groups -OCH3 is 1. The molecule has 0 spiro atoms. The van der Waals surface area contributed by atoms with Crippen LogP contribution in [0.2, 0.25) is 0 Å². The number of aliphatic carboxylic acids is 1. The summed E-state index contributed by atoms with van der Waals surface area (Å²) in [5.74, 6) is -2.58. The topological polar surface area (TPSA) is 115 Å². The maximum absolute atomic E-state index is 12.3. The lowest BCUT2D eigenvalue weighted by Crippen LogP contribution is -2.31. The molecule has 1 aliphatic rings. The average Bonchev–Trinajstić information content (AvgIpc) is 3.01. The fourth-order valence-corrected chi connectivity index (χ4v) is 3.03. The maximum atomic E-state index is 12.3. The molecular formula is C16H15N3O5. The molecule has 0 saturated heterocycles. The standard InChI is InChI=1S/C16H15N3O5/c1-7-11(15(20)21)13(12(8(2)17-7)16(22)23-3)9-5-4-6-10-14(9)19-24-18-10/h4-6,13,17H,1-3H3,(H,20,21). The van der Waals surface area contributed by atoms with E-state index in [1.54, 1.807) is 32.0 Å². The third kappa shape index (κ3) is 2.32. The molecule has 2 aromatic rings. The van der Waals surface area contributed by atoms with Gasteiger partial charge in [0.05, 0.1) is 24.2 Å². The highest BCUT2D eigenvalue weighted by molar-refractivity contribution is 6.00. The summed E-state index contributed by atoms with van der Waals surface area (Å²) >= 11 is 0. The number of carbonyl (C=O) groups is 2. The van der Waals surface area contributed by atoms with Crippen LogP contribution in [0.15, 0.2) is 45.4 Å². The van der Waals surface area contributed by atoms with Gasteiger partial charge >= 0.3 is 11.9 Å². The number of carboxylic acid groups (broad SMARTS) is 1. The highest BCUT2D eigenvalue weighted by Crippen LogP contribution is 2.40. The predicted octanol–water partition coefficient (Wildman–Crippen LogP) is 1.72. The number of carboxylic acids is 1. The van der Waals surface area contributed by atoms with E-state index in [0.717, 1.165) is 0 Å². The molecule has 0 bridgehead atoms. The molecule has 124 valence electrons. The van der Waals surface area contributed by atoms with Crippen molar-refractivity contribution >= 4 is 23.0 Å². The van der Waals surface area contributed by atoms with Crippen molar-refractivity contribution < 1.29 is 24.1 Å². The number of carbonyl (C=O) groups excluding carboxylic acids is 1. The molecular weight excluding hydrogens is 314 g/mol. The third-order valence-electron chi connectivity index (χ3n) is 4.02. The third-order valence-corrected chi connectivity index (χ3v) is 4.02. The van der Waals surface area contributed by atoms with Gasteiger partial charge in [-0.15, -0.1) is 0 Å². The van der Waals surface area contributed by atoms with Gasteiger partial charge in [-0.2, -0.15) is 0 Å². The van der Waals surface area contributed by atoms with Crippen LogP contribution in [-0.4, -0.2) is 34.5 Å². The van der Waals surface area contributed by atoms with Crippen LogP contribution >= 0.6 is 0 Å². The van der Waals surface area contributed by atoms with E-state index in [0.29, 0.717) is 28.0 Å². The quantitative estimate of drug-likeness (QED) is 0.818. The number of hydrogen-bond acceptors (Lipinski definition) is 7. The van der Waals surface area contributed by atoms with Gasteiger partial charge in [0.2, 0.25) is 0 Å². The first-order valence-electron chi connectivity index (χ1n) is 7.17. The second kappa shape index (κ2) is 5.80. The number of benzene rings is 1. The minimum absolute atomic E-state index is 0.0523. The van der Waals surface area contributed by atoms with Crippen molar-refractivity contribution in [2.75, 3.05) is 7.11 Å². The predicted molar refractivity (Wildman–Crippen MR) is 82.7 cm³/mol. The van der Waals surface area contributed by atoms with Crippen LogP contribution in [0.5, 0.6) is 0 Å². The number of nitrogens with zero attached hydrogens (tertiary/aromatic N) is 2. The Morgan fingerprint density at radius 1 is 1.21 bits per heavy atom. The van der Waals surface area contributed by atoms with E-state index >= 15 is 0 Å². The number of fused-ring (bicyclic) bond motifs is 1. The van der Waals surface area contributed by atoms with Crippen LogP contribution in [0.3, 0.4) is 0 Å². The smallest absolute Gasteiger partial charge is 0.336 e. The van der Waals surface area contributed by atoms with Crippen molar-refractivity contribution in [1.29, 1.82) is 0 Å². The highest BCUT2D eigenvalue weighted by atomic mass is 16.6. The molecule has 0 amide bonds. The number of rotatable bonds is 3. The summed E-state index contributed by atoms with van der Waals surface area (Å²) in [6, 6.07) is 5.11. The van der Waals surface area contributed by atoms with Gasteiger partial charge in [0.15, 0.2) is 0 Å². The molecule has 1 aromatic heterocycles. The summed E-state index contributed by atoms with van der Waals surface area (Å²) in [6.07, 6.45) is 0. The van der Waals surface area contributed by atoms with E-state index in [1.807, 2.05) is 0 Å². The first-order valence-corrected chi connectivity index (χ1v) is 7.17. The number of nitrogens with one attached hydrogen (secondary N) is 1. The van der Waals surface area contributed by atoms with Gasteiger partial charge in [-0.3, -0.25) is 0 Å². The Kier molecular flexibility index (Phi) is 3.80. The van der Waals surface area contributed by atoms with Crippen LogP contribution in [0.4, 0.5) is 0 Å². The van der Waals surface area contributed by atoms with Crippen LogP contribution in [0, 0.1) is 0 Å². The summed E-state index contributed by atoms with van der Waals surface area (Å²) < 4.78 is 9.61. The van der Waals surface area contributed by atoms with Crippen molar-refractivity contribution in [3.8, 4) is 0 Å². The van der Waals surface area contributed by atoms with Crippen LogP contribution in [0.25, 0.3) is 11.0 Å². The zero-order chi connectivity index (χ0) is 17.4. The summed E-state index contributed by atoms with van der Waals surface area (Å²) in [7, 11) is 1.25. The first kappa shape index (κ1) is 15.7. The van der Waals surface area contributed by atoms with Crippen molar-refractivity contribution in [2.45, 2.75) is 19.8 Å². The molecule has 1 aromatic carbocycles. The molecule has 2 heterocycles.